The van der Waals surface area contributed by atoms with Crippen LogP contribution in [0.3, 0.4) is 0 Å². The highest BCUT2D eigenvalue weighted by Gasteiger charge is 2.41. The van der Waals surface area contributed by atoms with E-state index in [1.165, 1.54) is 0 Å². The first-order chi connectivity index (χ1) is 5.22. The zero-order chi connectivity index (χ0) is 8.32. The molecule has 1 saturated carbocycles. The van der Waals surface area contributed by atoms with E-state index in [1.807, 2.05) is 19.1 Å². The molecule has 2 heteroatoms. The van der Waals surface area contributed by atoms with E-state index in [9.17, 15) is 4.79 Å². The third-order valence-corrected chi connectivity index (χ3v) is 1.92. The Morgan fingerprint density at radius 1 is 1.73 bits per heavy atom. The van der Waals surface area contributed by atoms with Crippen molar-refractivity contribution in [3.63, 3.8) is 0 Å². The fourth-order valence-electron chi connectivity index (χ4n) is 1.23. The molecule has 0 aromatic carbocycles. The molecule has 0 spiro atoms. The van der Waals surface area contributed by atoms with E-state index in [4.69, 9.17) is 5.26 Å². The number of rotatable bonds is 2. The summed E-state index contributed by atoms with van der Waals surface area (Å²) >= 11 is 0. The van der Waals surface area contributed by atoms with Crippen LogP contribution in [0.5, 0.6) is 0 Å². The van der Waals surface area contributed by atoms with Crippen molar-refractivity contribution in [1.29, 1.82) is 5.26 Å². The van der Waals surface area contributed by atoms with Gasteiger partial charge in [-0.05, 0) is 6.42 Å². The molecule has 0 aromatic rings. The maximum Gasteiger partial charge on any atom is 0.136 e. The summed E-state index contributed by atoms with van der Waals surface area (Å²) in [4.78, 5) is 10.7. The summed E-state index contributed by atoms with van der Waals surface area (Å²) < 4.78 is 0. The summed E-state index contributed by atoms with van der Waals surface area (Å²) in [6.45, 7) is 2.02. The fourth-order valence-corrected chi connectivity index (χ4v) is 1.23. The minimum Gasteiger partial charge on any atom is -0.300 e. The van der Waals surface area contributed by atoms with Gasteiger partial charge in [0.25, 0.3) is 0 Å². The molecule has 1 fully saturated rings. The van der Waals surface area contributed by atoms with Crippen LogP contribution in [-0.2, 0) is 4.79 Å². The maximum absolute atomic E-state index is 10.7. The topological polar surface area (TPSA) is 40.9 Å². The third kappa shape index (κ3) is 1.48. The number of hydrogen-bond donors (Lipinski definition) is 0. The Kier molecular flexibility index (Phi) is 2.09. The minimum atomic E-state index is -0.437. The second-order valence-corrected chi connectivity index (χ2v) is 2.97. The van der Waals surface area contributed by atoms with Crippen molar-refractivity contribution in [3.05, 3.63) is 12.2 Å². The lowest BCUT2D eigenvalue weighted by molar-refractivity contribution is -0.127. The Morgan fingerprint density at radius 3 is 2.73 bits per heavy atom. The van der Waals surface area contributed by atoms with Gasteiger partial charge in [-0.3, -0.25) is 4.79 Å². The fraction of sp³-hybridized carbons (Fsp3) is 0.556. The molecule has 0 aliphatic heterocycles. The predicted molar refractivity (Wildman–Crippen MR) is 41.7 cm³/mol. The number of nitrogens with zero attached hydrogens (tertiary/aromatic N) is 1. The molecule has 1 rings (SSSR count). The third-order valence-electron chi connectivity index (χ3n) is 1.92. The molecule has 58 valence electrons. The zero-order valence-electron chi connectivity index (χ0n) is 6.63. The van der Waals surface area contributed by atoms with Crippen LogP contribution in [0.25, 0.3) is 0 Å². The molecule has 0 radical (unpaired) electrons. The van der Waals surface area contributed by atoms with Crippen molar-refractivity contribution in [2.45, 2.75) is 26.2 Å². The molecule has 1 aliphatic rings. The van der Waals surface area contributed by atoms with Crippen LogP contribution >= 0.6 is 0 Å². The van der Waals surface area contributed by atoms with E-state index in [0.717, 1.165) is 6.42 Å². The van der Waals surface area contributed by atoms with Crippen LogP contribution in [-0.4, -0.2) is 5.78 Å². The smallest absolute Gasteiger partial charge is 0.136 e. The maximum atomic E-state index is 10.7. The summed E-state index contributed by atoms with van der Waals surface area (Å²) in [5.41, 5.74) is -0.437. The zero-order valence-corrected chi connectivity index (χ0v) is 6.63. The average molecular weight is 149 g/mol. The Bertz CT molecular complexity index is 226. The Balaban J connectivity index is 2.59. The van der Waals surface area contributed by atoms with Crippen molar-refractivity contribution in [3.8, 4) is 6.07 Å². The van der Waals surface area contributed by atoms with Crippen molar-refractivity contribution in [2.24, 2.45) is 5.41 Å². The van der Waals surface area contributed by atoms with Gasteiger partial charge in [0.1, 0.15) is 5.78 Å². The normalized spacial score (nSPS) is 21.3. The van der Waals surface area contributed by atoms with Gasteiger partial charge in [-0.1, -0.05) is 19.1 Å². The second kappa shape index (κ2) is 2.87. The van der Waals surface area contributed by atoms with Gasteiger partial charge in [0.15, 0.2) is 0 Å². The first-order valence-electron chi connectivity index (χ1n) is 3.83. The number of Topliss-reactive ketones (excluding diaryl/α,β-unsaturated/α-hetero) is 1. The van der Waals surface area contributed by atoms with Crippen LogP contribution in [0.15, 0.2) is 12.2 Å². The number of hydrogen-bond acceptors (Lipinski definition) is 2. The van der Waals surface area contributed by atoms with Gasteiger partial charge in [0, 0.05) is 12.8 Å². The quantitative estimate of drug-likeness (QED) is 0.562. The SMILES string of the molecule is CC/C=C/C1(C#N)CC(=O)C1. The van der Waals surface area contributed by atoms with Crippen LogP contribution in [0.1, 0.15) is 26.2 Å². The lowest BCUT2D eigenvalue weighted by atomic mass is 9.69. The standard InChI is InChI=1S/C9H11NO/c1-2-3-4-9(7-10)5-8(11)6-9/h3-4H,2,5-6H2,1H3/b4-3+. The summed E-state index contributed by atoms with van der Waals surface area (Å²) in [6, 6.07) is 2.17. The summed E-state index contributed by atoms with van der Waals surface area (Å²) in [5, 5.41) is 8.73. The van der Waals surface area contributed by atoms with E-state index in [2.05, 4.69) is 6.07 Å². The molecule has 0 aromatic heterocycles. The van der Waals surface area contributed by atoms with Gasteiger partial charge >= 0.3 is 0 Å². The molecule has 0 saturated heterocycles. The molecule has 0 heterocycles. The van der Waals surface area contributed by atoms with Gasteiger partial charge < -0.3 is 0 Å². The highest BCUT2D eigenvalue weighted by molar-refractivity contribution is 5.88. The van der Waals surface area contributed by atoms with E-state index in [1.54, 1.807) is 0 Å². The molecule has 11 heavy (non-hydrogen) atoms. The molecule has 1 aliphatic carbocycles. The van der Waals surface area contributed by atoms with Gasteiger partial charge in [0.05, 0.1) is 11.5 Å². The van der Waals surface area contributed by atoms with Crippen molar-refractivity contribution in [2.75, 3.05) is 0 Å². The van der Waals surface area contributed by atoms with Gasteiger partial charge in [-0.15, -0.1) is 0 Å². The van der Waals surface area contributed by atoms with Crippen molar-refractivity contribution in [1.82, 2.24) is 0 Å². The molecule has 0 unspecified atom stereocenters. The first-order valence-corrected chi connectivity index (χ1v) is 3.83. The molecule has 2 nitrogen and oxygen atoms in total. The van der Waals surface area contributed by atoms with Crippen LogP contribution in [0, 0.1) is 16.7 Å². The minimum absolute atomic E-state index is 0.201. The molecular formula is C9H11NO. The van der Waals surface area contributed by atoms with E-state index in [0.29, 0.717) is 12.8 Å². The second-order valence-electron chi connectivity index (χ2n) is 2.97. The average Bonchev–Trinajstić information content (AvgIpc) is 1.96. The Hall–Kier alpha value is -1.10. The van der Waals surface area contributed by atoms with Crippen LogP contribution in [0.2, 0.25) is 0 Å². The number of ketones is 1. The number of carbonyl (C=O) groups is 1. The highest BCUT2D eigenvalue weighted by atomic mass is 16.1. The summed E-state index contributed by atoms with van der Waals surface area (Å²) in [5.74, 6) is 0.201. The van der Waals surface area contributed by atoms with Gasteiger partial charge in [-0.2, -0.15) is 5.26 Å². The lowest BCUT2D eigenvalue weighted by Gasteiger charge is -2.30. The number of allylic oxidation sites excluding steroid dienone is 2. The molecule has 0 bridgehead atoms. The summed E-state index contributed by atoms with van der Waals surface area (Å²) in [6.07, 6.45) is 5.59. The monoisotopic (exact) mass is 149 g/mol. The molecule has 0 atom stereocenters. The molecule has 0 N–H and O–H groups in total. The van der Waals surface area contributed by atoms with Gasteiger partial charge in [-0.25, -0.2) is 0 Å². The van der Waals surface area contributed by atoms with Crippen LogP contribution in [0.4, 0.5) is 0 Å². The predicted octanol–water partition coefficient (Wildman–Crippen LogP) is 1.83. The van der Waals surface area contributed by atoms with Gasteiger partial charge in [0.2, 0.25) is 0 Å². The van der Waals surface area contributed by atoms with Crippen molar-refractivity contribution >= 4 is 5.78 Å². The summed E-state index contributed by atoms with van der Waals surface area (Å²) in [7, 11) is 0. The largest absolute Gasteiger partial charge is 0.300 e. The van der Waals surface area contributed by atoms with E-state index < -0.39 is 5.41 Å². The van der Waals surface area contributed by atoms with Crippen LogP contribution < -0.4 is 0 Å². The van der Waals surface area contributed by atoms with E-state index >= 15 is 0 Å². The Labute approximate surface area is 66.5 Å². The first kappa shape index (κ1) is 8.00. The molecular weight excluding hydrogens is 138 g/mol. The Morgan fingerprint density at radius 2 is 2.36 bits per heavy atom. The van der Waals surface area contributed by atoms with E-state index in [-0.39, 0.29) is 5.78 Å². The van der Waals surface area contributed by atoms with Crippen molar-refractivity contribution < 1.29 is 4.79 Å². The molecule has 0 amide bonds. The lowest BCUT2D eigenvalue weighted by Crippen LogP contribution is -2.34. The highest BCUT2D eigenvalue weighted by Crippen LogP contribution is 2.38. The number of carbonyl (C=O) groups excluding carboxylic acids is 1. The number of nitriles is 1.